The highest BCUT2D eigenvalue weighted by Gasteiger charge is 2.30. The van der Waals surface area contributed by atoms with Gasteiger partial charge in [-0.3, -0.25) is 14.6 Å². The number of rotatable bonds is 4. The van der Waals surface area contributed by atoms with Crippen molar-refractivity contribution >= 4 is 11.8 Å². The second-order valence-corrected chi connectivity index (χ2v) is 7.01. The Balaban J connectivity index is 1.63. The molecule has 1 saturated heterocycles. The third-order valence-corrected chi connectivity index (χ3v) is 4.88. The summed E-state index contributed by atoms with van der Waals surface area (Å²) in [5.41, 5.74) is 2.82. The first kappa shape index (κ1) is 18.1. The monoisotopic (exact) mass is 351 g/mol. The van der Waals surface area contributed by atoms with E-state index < -0.39 is 0 Å². The van der Waals surface area contributed by atoms with E-state index in [1.165, 1.54) is 0 Å². The quantitative estimate of drug-likeness (QED) is 0.851. The molecule has 0 N–H and O–H groups in total. The van der Waals surface area contributed by atoms with Crippen molar-refractivity contribution in [2.45, 2.75) is 26.3 Å². The summed E-state index contributed by atoms with van der Waals surface area (Å²) in [4.78, 5) is 33.2. The fourth-order valence-corrected chi connectivity index (χ4v) is 3.40. The molecule has 0 radical (unpaired) electrons. The van der Waals surface area contributed by atoms with Gasteiger partial charge in [0.05, 0.1) is 5.92 Å². The van der Waals surface area contributed by atoms with Gasteiger partial charge in [0.25, 0.3) is 5.91 Å². The number of hydrogen-bond donors (Lipinski definition) is 0. The molecule has 1 fully saturated rings. The predicted molar refractivity (Wildman–Crippen MR) is 101 cm³/mol. The molecular weight excluding hydrogens is 326 g/mol. The van der Waals surface area contributed by atoms with Crippen LogP contribution in [0.15, 0.2) is 48.8 Å². The van der Waals surface area contributed by atoms with E-state index in [2.05, 4.69) is 4.98 Å². The van der Waals surface area contributed by atoms with Crippen molar-refractivity contribution in [3.05, 3.63) is 65.5 Å². The molecule has 1 aliphatic rings. The second kappa shape index (κ2) is 8.13. The maximum Gasteiger partial charge on any atom is 0.253 e. The van der Waals surface area contributed by atoms with Crippen molar-refractivity contribution in [1.82, 2.24) is 14.8 Å². The molecule has 2 heterocycles. The van der Waals surface area contributed by atoms with Crippen LogP contribution in [0.3, 0.4) is 0 Å². The van der Waals surface area contributed by atoms with Gasteiger partial charge in [0, 0.05) is 44.6 Å². The van der Waals surface area contributed by atoms with Gasteiger partial charge in [0.2, 0.25) is 5.91 Å². The molecule has 0 aliphatic carbocycles. The number of hydrogen-bond acceptors (Lipinski definition) is 3. The second-order valence-electron chi connectivity index (χ2n) is 7.01. The zero-order valence-electron chi connectivity index (χ0n) is 15.4. The molecular formula is C21H25N3O2. The summed E-state index contributed by atoms with van der Waals surface area (Å²) in [6.45, 7) is 3.74. The summed E-state index contributed by atoms with van der Waals surface area (Å²) in [5, 5.41) is 0. The number of piperidine rings is 1. The van der Waals surface area contributed by atoms with E-state index in [0.717, 1.165) is 24.0 Å². The van der Waals surface area contributed by atoms with Crippen LogP contribution in [0.1, 0.15) is 34.3 Å². The summed E-state index contributed by atoms with van der Waals surface area (Å²) in [6.07, 6.45) is 5.18. The number of carbonyl (C=O) groups excluding carboxylic acids is 2. The maximum atomic E-state index is 12.8. The Labute approximate surface area is 154 Å². The van der Waals surface area contributed by atoms with Gasteiger partial charge in [-0.05, 0) is 43.5 Å². The molecule has 1 atom stereocenters. The molecule has 0 bridgehead atoms. The molecule has 2 amide bonds. The van der Waals surface area contributed by atoms with Crippen molar-refractivity contribution in [3.8, 4) is 0 Å². The summed E-state index contributed by atoms with van der Waals surface area (Å²) in [5.74, 6) is -0.0347. The Morgan fingerprint density at radius 2 is 2.00 bits per heavy atom. The van der Waals surface area contributed by atoms with Crippen LogP contribution in [0.25, 0.3) is 0 Å². The van der Waals surface area contributed by atoms with Crippen molar-refractivity contribution in [3.63, 3.8) is 0 Å². The van der Waals surface area contributed by atoms with Crippen molar-refractivity contribution < 1.29 is 9.59 Å². The van der Waals surface area contributed by atoms with Crippen LogP contribution < -0.4 is 0 Å². The largest absolute Gasteiger partial charge is 0.341 e. The topological polar surface area (TPSA) is 53.5 Å². The molecule has 1 aromatic carbocycles. The molecule has 2 aromatic rings. The van der Waals surface area contributed by atoms with Crippen molar-refractivity contribution in [1.29, 1.82) is 0 Å². The van der Waals surface area contributed by atoms with Gasteiger partial charge >= 0.3 is 0 Å². The van der Waals surface area contributed by atoms with E-state index in [1.807, 2.05) is 55.3 Å². The molecule has 26 heavy (non-hydrogen) atoms. The summed E-state index contributed by atoms with van der Waals surface area (Å²) in [7, 11) is 1.82. The van der Waals surface area contributed by atoms with Gasteiger partial charge in [-0.1, -0.05) is 23.8 Å². The highest BCUT2D eigenvalue weighted by molar-refractivity contribution is 5.94. The van der Waals surface area contributed by atoms with Crippen LogP contribution >= 0.6 is 0 Å². The predicted octanol–water partition coefficient (Wildman–Crippen LogP) is 2.90. The first-order valence-corrected chi connectivity index (χ1v) is 9.04. The molecule has 1 aromatic heterocycles. The number of benzene rings is 1. The summed E-state index contributed by atoms with van der Waals surface area (Å²) >= 11 is 0. The van der Waals surface area contributed by atoms with E-state index in [9.17, 15) is 9.59 Å². The van der Waals surface area contributed by atoms with Gasteiger partial charge < -0.3 is 9.80 Å². The Bertz CT molecular complexity index is 759. The van der Waals surface area contributed by atoms with Crippen molar-refractivity contribution in [2.75, 3.05) is 20.1 Å². The average molecular weight is 351 g/mol. The van der Waals surface area contributed by atoms with Gasteiger partial charge in [-0.25, -0.2) is 0 Å². The van der Waals surface area contributed by atoms with E-state index in [0.29, 0.717) is 25.2 Å². The number of nitrogens with zero attached hydrogens (tertiary/aromatic N) is 3. The van der Waals surface area contributed by atoms with E-state index in [1.54, 1.807) is 17.3 Å². The van der Waals surface area contributed by atoms with E-state index >= 15 is 0 Å². The fourth-order valence-electron chi connectivity index (χ4n) is 3.40. The first-order valence-electron chi connectivity index (χ1n) is 9.04. The molecule has 0 saturated carbocycles. The lowest BCUT2D eigenvalue weighted by atomic mass is 9.95. The Kier molecular flexibility index (Phi) is 5.66. The van der Waals surface area contributed by atoms with Crippen LogP contribution in [0.2, 0.25) is 0 Å². The molecule has 5 heteroatoms. The minimum absolute atomic E-state index is 0.0115. The van der Waals surface area contributed by atoms with Gasteiger partial charge in [0.15, 0.2) is 0 Å². The maximum absolute atomic E-state index is 12.8. The van der Waals surface area contributed by atoms with Crippen LogP contribution in [0, 0.1) is 12.8 Å². The number of aryl methyl sites for hydroxylation is 1. The number of pyridine rings is 1. The molecule has 1 aliphatic heterocycles. The molecule has 136 valence electrons. The van der Waals surface area contributed by atoms with Gasteiger partial charge in [0.1, 0.15) is 0 Å². The van der Waals surface area contributed by atoms with Crippen molar-refractivity contribution in [2.24, 2.45) is 5.92 Å². The normalized spacial score (nSPS) is 17.0. The van der Waals surface area contributed by atoms with Gasteiger partial charge in [-0.15, -0.1) is 0 Å². The fraction of sp³-hybridized carbons (Fsp3) is 0.381. The lowest BCUT2D eigenvalue weighted by molar-refractivity contribution is -0.136. The number of likely N-dealkylation sites (tertiary alicyclic amines) is 1. The highest BCUT2D eigenvalue weighted by Crippen LogP contribution is 2.21. The SMILES string of the molecule is Cc1ccc(C(=O)N2CCCC(C(=O)N(C)Cc3cccnc3)C2)cc1. The zero-order valence-corrected chi connectivity index (χ0v) is 15.4. The molecule has 1 unspecified atom stereocenters. The summed E-state index contributed by atoms with van der Waals surface area (Å²) < 4.78 is 0. The first-order chi connectivity index (χ1) is 12.5. The number of carbonyl (C=O) groups is 2. The molecule has 0 spiro atoms. The average Bonchev–Trinajstić information content (AvgIpc) is 2.68. The van der Waals surface area contributed by atoms with E-state index in [4.69, 9.17) is 0 Å². The van der Waals surface area contributed by atoms with Crippen LogP contribution in [-0.4, -0.2) is 46.7 Å². The highest BCUT2D eigenvalue weighted by atomic mass is 16.2. The number of amides is 2. The molecule has 3 rings (SSSR count). The van der Waals surface area contributed by atoms with Crippen LogP contribution in [0.5, 0.6) is 0 Å². The van der Waals surface area contributed by atoms with E-state index in [-0.39, 0.29) is 17.7 Å². The van der Waals surface area contributed by atoms with Crippen LogP contribution in [0.4, 0.5) is 0 Å². The Morgan fingerprint density at radius 1 is 1.23 bits per heavy atom. The Hall–Kier alpha value is -2.69. The smallest absolute Gasteiger partial charge is 0.253 e. The molecule has 5 nitrogen and oxygen atoms in total. The number of aromatic nitrogens is 1. The third-order valence-electron chi connectivity index (χ3n) is 4.88. The lowest BCUT2D eigenvalue weighted by Crippen LogP contribution is -2.45. The zero-order chi connectivity index (χ0) is 18.5. The standard InChI is InChI=1S/C21H25N3O2/c1-16-7-9-18(10-8-16)21(26)24-12-4-6-19(15-24)20(25)23(2)14-17-5-3-11-22-13-17/h3,5,7-11,13,19H,4,6,12,14-15H2,1-2H3. The third kappa shape index (κ3) is 4.28. The van der Waals surface area contributed by atoms with Gasteiger partial charge in [-0.2, -0.15) is 0 Å². The van der Waals surface area contributed by atoms with Crippen LogP contribution in [-0.2, 0) is 11.3 Å². The minimum Gasteiger partial charge on any atom is -0.341 e. The summed E-state index contributed by atoms with van der Waals surface area (Å²) in [6, 6.07) is 11.4. The minimum atomic E-state index is -0.139. The lowest BCUT2D eigenvalue weighted by Gasteiger charge is -2.34. The Morgan fingerprint density at radius 3 is 2.69 bits per heavy atom.